The number of nitrogens with zero attached hydrogens (tertiary/aromatic N) is 4. The van der Waals surface area contributed by atoms with Crippen molar-refractivity contribution in [1.82, 2.24) is 14.9 Å². The van der Waals surface area contributed by atoms with Crippen LogP contribution in [0.4, 0.5) is 23.9 Å². The van der Waals surface area contributed by atoms with Crippen LogP contribution in [0.15, 0.2) is 12.4 Å². The molecule has 0 radical (unpaired) electrons. The fourth-order valence-electron chi connectivity index (χ4n) is 2.57. The lowest BCUT2D eigenvalue weighted by Gasteiger charge is -2.37. The molecule has 29 heavy (non-hydrogen) atoms. The fourth-order valence-corrected chi connectivity index (χ4v) is 2.57. The number of amides is 1. The maximum absolute atomic E-state index is 12.6. The minimum Gasteiger partial charge on any atom is -0.444 e. The second-order valence-corrected chi connectivity index (χ2v) is 7.08. The molecular formula is C20H35F3N4O2. The average molecular weight is 421 g/mol. The maximum Gasteiger partial charge on any atom is 0.419 e. The standard InChI is InChI=1S/C16H23F3N4O2.2C2H6/c1-15(2,3)25-14(24)22(4)12-5-7-23(8-6-12)13-20-9-11(10-21-13)16(17,18)19;2*1-2/h9-10,12H,5-8H2,1-4H3;2*1-2H3. The van der Waals surface area contributed by atoms with Gasteiger partial charge in [0.2, 0.25) is 5.95 Å². The van der Waals surface area contributed by atoms with E-state index < -0.39 is 17.3 Å². The van der Waals surface area contributed by atoms with Gasteiger partial charge in [-0.25, -0.2) is 14.8 Å². The summed E-state index contributed by atoms with van der Waals surface area (Å²) in [5.41, 5.74) is -1.42. The number of hydrogen-bond donors (Lipinski definition) is 0. The Morgan fingerprint density at radius 2 is 1.52 bits per heavy atom. The van der Waals surface area contributed by atoms with Gasteiger partial charge in [-0.1, -0.05) is 27.7 Å². The van der Waals surface area contributed by atoms with Gasteiger partial charge >= 0.3 is 12.3 Å². The van der Waals surface area contributed by atoms with Crippen LogP contribution in [0, 0.1) is 0 Å². The minimum atomic E-state index is -4.44. The molecule has 0 N–H and O–H groups in total. The molecule has 1 aliphatic rings. The highest BCUT2D eigenvalue weighted by molar-refractivity contribution is 5.68. The third kappa shape index (κ3) is 8.87. The zero-order chi connectivity index (χ0) is 22.8. The Balaban J connectivity index is 0.00000184. The molecule has 0 bridgehead atoms. The number of aromatic nitrogens is 2. The monoisotopic (exact) mass is 420 g/mol. The van der Waals surface area contributed by atoms with Crippen LogP contribution in [0.3, 0.4) is 0 Å². The Hall–Kier alpha value is -2.06. The molecule has 2 heterocycles. The second-order valence-electron chi connectivity index (χ2n) is 7.08. The van der Waals surface area contributed by atoms with E-state index in [9.17, 15) is 18.0 Å². The Labute approximate surface area is 172 Å². The number of carbonyl (C=O) groups excluding carboxylic acids is 1. The summed E-state index contributed by atoms with van der Waals surface area (Å²) >= 11 is 0. The molecule has 1 aromatic heterocycles. The molecule has 0 saturated carbocycles. The lowest BCUT2D eigenvalue weighted by atomic mass is 10.0. The molecule has 1 fully saturated rings. The van der Waals surface area contributed by atoms with E-state index in [0.29, 0.717) is 25.9 Å². The van der Waals surface area contributed by atoms with Crippen molar-refractivity contribution in [3.8, 4) is 0 Å². The van der Waals surface area contributed by atoms with Crippen molar-refractivity contribution in [2.45, 2.75) is 79.1 Å². The van der Waals surface area contributed by atoms with Crippen molar-refractivity contribution < 1.29 is 22.7 Å². The van der Waals surface area contributed by atoms with Gasteiger partial charge in [-0.15, -0.1) is 0 Å². The Morgan fingerprint density at radius 1 is 1.07 bits per heavy atom. The molecule has 1 aliphatic heterocycles. The molecule has 9 heteroatoms. The number of piperidine rings is 1. The number of hydrogen-bond acceptors (Lipinski definition) is 5. The van der Waals surface area contributed by atoms with E-state index in [4.69, 9.17) is 4.74 Å². The largest absolute Gasteiger partial charge is 0.444 e. The SMILES string of the molecule is CC.CC.CN(C(=O)OC(C)(C)C)C1CCN(c2ncc(C(F)(F)F)cn2)CC1. The van der Waals surface area contributed by atoms with E-state index in [0.717, 1.165) is 12.4 Å². The molecular weight excluding hydrogens is 385 g/mol. The molecule has 2 rings (SSSR count). The molecule has 0 unspecified atom stereocenters. The van der Waals surface area contributed by atoms with Gasteiger partial charge < -0.3 is 14.5 Å². The molecule has 0 aliphatic carbocycles. The summed E-state index contributed by atoms with van der Waals surface area (Å²) in [6, 6.07) is 0.0144. The average Bonchev–Trinajstić information content (AvgIpc) is 2.69. The highest BCUT2D eigenvalue weighted by Gasteiger charge is 2.32. The van der Waals surface area contributed by atoms with Gasteiger partial charge in [-0.2, -0.15) is 13.2 Å². The summed E-state index contributed by atoms with van der Waals surface area (Å²) in [4.78, 5) is 23.1. The predicted molar refractivity (Wildman–Crippen MR) is 109 cm³/mol. The van der Waals surface area contributed by atoms with E-state index in [1.807, 2.05) is 53.4 Å². The van der Waals surface area contributed by atoms with Crippen molar-refractivity contribution in [1.29, 1.82) is 0 Å². The highest BCUT2D eigenvalue weighted by atomic mass is 19.4. The number of rotatable bonds is 2. The first-order chi connectivity index (χ1) is 13.5. The molecule has 1 amide bonds. The topological polar surface area (TPSA) is 58.6 Å². The molecule has 1 aromatic rings. The van der Waals surface area contributed by atoms with Crippen LogP contribution >= 0.6 is 0 Å². The fraction of sp³-hybridized carbons (Fsp3) is 0.750. The lowest BCUT2D eigenvalue weighted by Crippen LogP contribution is -2.47. The van der Waals surface area contributed by atoms with Crippen LogP contribution in [0.1, 0.15) is 66.9 Å². The third-order valence-electron chi connectivity index (χ3n) is 3.94. The number of anilines is 1. The van der Waals surface area contributed by atoms with Crippen molar-refractivity contribution in [2.24, 2.45) is 0 Å². The summed E-state index contributed by atoms with van der Waals surface area (Å²) in [5.74, 6) is 0.270. The molecule has 0 atom stereocenters. The summed E-state index contributed by atoms with van der Waals surface area (Å²) in [6.45, 7) is 14.5. The number of ether oxygens (including phenoxy) is 1. The summed E-state index contributed by atoms with van der Waals surface area (Å²) < 4.78 is 43.0. The second kappa shape index (κ2) is 11.8. The molecule has 6 nitrogen and oxygen atoms in total. The van der Waals surface area contributed by atoms with E-state index in [1.54, 1.807) is 11.9 Å². The van der Waals surface area contributed by atoms with Gasteiger partial charge in [0, 0.05) is 38.6 Å². The Bertz CT molecular complexity index is 593. The highest BCUT2D eigenvalue weighted by Crippen LogP contribution is 2.29. The van der Waals surface area contributed by atoms with Gasteiger partial charge in [0.1, 0.15) is 5.60 Å². The summed E-state index contributed by atoms with van der Waals surface area (Å²) in [6.07, 6.45) is -1.90. The molecule has 168 valence electrons. The van der Waals surface area contributed by atoms with Crippen LogP contribution in [0.5, 0.6) is 0 Å². The van der Waals surface area contributed by atoms with Crippen molar-refractivity contribution in [3.63, 3.8) is 0 Å². The smallest absolute Gasteiger partial charge is 0.419 e. The predicted octanol–water partition coefficient (Wildman–Crippen LogP) is 5.38. The van der Waals surface area contributed by atoms with Gasteiger partial charge in [0.05, 0.1) is 5.56 Å². The van der Waals surface area contributed by atoms with Crippen LogP contribution in [0.2, 0.25) is 0 Å². The Kier molecular flexibility index (Phi) is 11.0. The van der Waals surface area contributed by atoms with E-state index in [1.165, 1.54) is 0 Å². The molecule has 1 saturated heterocycles. The van der Waals surface area contributed by atoms with Crippen molar-refractivity contribution >= 4 is 12.0 Å². The first-order valence-electron chi connectivity index (χ1n) is 10.1. The van der Waals surface area contributed by atoms with E-state index >= 15 is 0 Å². The zero-order valence-electron chi connectivity index (χ0n) is 18.8. The van der Waals surface area contributed by atoms with Gasteiger partial charge in [0.15, 0.2) is 0 Å². The van der Waals surface area contributed by atoms with Crippen molar-refractivity contribution in [2.75, 3.05) is 25.0 Å². The van der Waals surface area contributed by atoms with Crippen LogP contribution in [-0.2, 0) is 10.9 Å². The van der Waals surface area contributed by atoms with Gasteiger partial charge in [0.25, 0.3) is 0 Å². The third-order valence-corrected chi connectivity index (χ3v) is 3.94. The van der Waals surface area contributed by atoms with Crippen LogP contribution in [0.25, 0.3) is 0 Å². The van der Waals surface area contributed by atoms with Crippen molar-refractivity contribution in [3.05, 3.63) is 18.0 Å². The number of alkyl halides is 3. The molecule has 0 aromatic carbocycles. The van der Waals surface area contributed by atoms with E-state index in [2.05, 4.69) is 9.97 Å². The number of carbonyl (C=O) groups is 1. The number of halogens is 3. The van der Waals surface area contributed by atoms with Crippen LogP contribution in [-0.4, -0.2) is 52.7 Å². The summed E-state index contributed by atoms with van der Waals surface area (Å²) in [5, 5.41) is 0. The minimum absolute atomic E-state index is 0.0144. The first kappa shape index (κ1) is 26.9. The maximum atomic E-state index is 12.6. The quantitative estimate of drug-likeness (QED) is 0.643. The lowest BCUT2D eigenvalue weighted by molar-refractivity contribution is -0.138. The van der Waals surface area contributed by atoms with Gasteiger partial charge in [-0.3, -0.25) is 0 Å². The first-order valence-corrected chi connectivity index (χ1v) is 10.1. The van der Waals surface area contributed by atoms with E-state index in [-0.39, 0.29) is 18.1 Å². The summed E-state index contributed by atoms with van der Waals surface area (Å²) in [7, 11) is 1.70. The normalized spacial score (nSPS) is 14.8. The van der Waals surface area contributed by atoms with Crippen LogP contribution < -0.4 is 4.90 Å². The molecule has 0 spiro atoms. The zero-order valence-corrected chi connectivity index (χ0v) is 18.8. The van der Waals surface area contributed by atoms with Gasteiger partial charge in [-0.05, 0) is 33.6 Å². The Morgan fingerprint density at radius 3 is 1.90 bits per heavy atom.